The summed E-state index contributed by atoms with van der Waals surface area (Å²) in [5.41, 5.74) is 5.19. The molecule has 2 amide bonds. The average Bonchev–Trinajstić information content (AvgIpc) is 3.15. The van der Waals surface area contributed by atoms with E-state index in [0.29, 0.717) is 28.0 Å². The van der Waals surface area contributed by atoms with Crippen LogP contribution >= 0.6 is 11.3 Å². The lowest BCUT2D eigenvalue weighted by Crippen LogP contribution is -2.33. The number of benzene rings is 2. The first kappa shape index (κ1) is 24.3. The number of rotatable bonds is 6. The molecule has 0 aliphatic carbocycles. The Morgan fingerprint density at radius 2 is 1.66 bits per heavy atom. The van der Waals surface area contributed by atoms with Crippen LogP contribution in [0.2, 0.25) is 0 Å². The predicted octanol–water partition coefficient (Wildman–Crippen LogP) is 5.60. The summed E-state index contributed by atoms with van der Waals surface area (Å²) in [4.78, 5) is 44.3. The van der Waals surface area contributed by atoms with Gasteiger partial charge in [-0.3, -0.25) is 19.0 Å². The number of carbonyl (C=O) groups excluding carboxylic acids is 2. The Morgan fingerprint density at radius 3 is 2.26 bits per heavy atom. The number of thiophene rings is 1. The lowest BCUT2D eigenvalue weighted by atomic mass is 9.99. The van der Waals surface area contributed by atoms with E-state index in [9.17, 15) is 14.4 Å². The van der Waals surface area contributed by atoms with Crippen molar-refractivity contribution in [2.24, 2.45) is 0 Å². The second kappa shape index (κ2) is 9.84. The van der Waals surface area contributed by atoms with Crippen molar-refractivity contribution in [2.45, 2.75) is 47.1 Å². The van der Waals surface area contributed by atoms with Gasteiger partial charge in [0.2, 0.25) is 11.8 Å². The number of aromatic nitrogens is 2. The van der Waals surface area contributed by atoms with Crippen molar-refractivity contribution in [2.75, 3.05) is 10.6 Å². The van der Waals surface area contributed by atoms with Crippen LogP contribution in [0, 0.1) is 20.8 Å². The molecule has 4 aromatic rings. The Hall–Kier alpha value is -3.78. The molecule has 4 rings (SSSR count). The molecule has 1 unspecified atom stereocenters. The first-order valence-electron chi connectivity index (χ1n) is 11.5. The molecule has 2 N–H and O–H groups in total. The number of aryl methyl sites for hydroxylation is 3. The summed E-state index contributed by atoms with van der Waals surface area (Å²) in [6.07, 6.45) is 1.89. The number of nitrogens with one attached hydrogen (secondary N) is 2. The van der Waals surface area contributed by atoms with Gasteiger partial charge in [0.05, 0.1) is 11.7 Å². The second-order valence-electron chi connectivity index (χ2n) is 8.64. The molecular weight excluding hydrogens is 460 g/mol. The maximum absolute atomic E-state index is 13.7. The lowest BCUT2D eigenvalue weighted by molar-refractivity contribution is -0.119. The van der Waals surface area contributed by atoms with Crippen LogP contribution in [-0.4, -0.2) is 21.4 Å². The lowest BCUT2D eigenvalue weighted by Gasteiger charge is -2.18. The van der Waals surface area contributed by atoms with Crippen LogP contribution in [-0.2, 0) is 9.59 Å². The normalized spacial score (nSPS) is 11.9. The van der Waals surface area contributed by atoms with E-state index in [1.54, 1.807) is 24.3 Å². The molecule has 0 bridgehead atoms. The van der Waals surface area contributed by atoms with Gasteiger partial charge in [-0.2, -0.15) is 0 Å². The zero-order valence-corrected chi connectivity index (χ0v) is 21.2. The monoisotopic (exact) mass is 488 g/mol. The third-order valence-electron chi connectivity index (χ3n) is 6.11. The molecule has 0 aliphatic rings. The van der Waals surface area contributed by atoms with Crippen molar-refractivity contribution in [1.82, 2.24) is 9.55 Å². The van der Waals surface area contributed by atoms with E-state index in [0.717, 1.165) is 21.6 Å². The van der Waals surface area contributed by atoms with Crippen molar-refractivity contribution in [3.63, 3.8) is 0 Å². The number of fused-ring (bicyclic) bond motifs is 1. The van der Waals surface area contributed by atoms with Crippen LogP contribution in [0.5, 0.6) is 0 Å². The quantitative estimate of drug-likeness (QED) is 0.370. The van der Waals surface area contributed by atoms with E-state index in [1.807, 2.05) is 19.9 Å². The number of carbonyl (C=O) groups is 2. The Labute approximate surface area is 207 Å². The number of nitrogens with zero attached hydrogens (tertiary/aromatic N) is 2. The van der Waals surface area contributed by atoms with Crippen LogP contribution in [0.4, 0.5) is 11.4 Å². The third kappa shape index (κ3) is 4.88. The summed E-state index contributed by atoms with van der Waals surface area (Å²) in [5.74, 6) is -0.471. The van der Waals surface area contributed by atoms with Gasteiger partial charge >= 0.3 is 0 Å². The van der Waals surface area contributed by atoms with Crippen molar-refractivity contribution in [1.29, 1.82) is 0 Å². The third-order valence-corrected chi connectivity index (χ3v) is 7.12. The highest BCUT2D eigenvalue weighted by Gasteiger charge is 2.24. The Balaban J connectivity index is 1.70. The molecule has 0 spiro atoms. The molecule has 2 aromatic carbocycles. The highest BCUT2D eigenvalue weighted by atomic mass is 32.1. The maximum atomic E-state index is 13.7. The topological polar surface area (TPSA) is 93.1 Å². The van der Waals surface area contributed by atoms with Crippen molar-refractivity contribution in [3.05, 3.63) is 75.1 Å². The molecule has 180 valence electrons. The first-order valence-corrected chi connectivity index (χ1v) is 12.3. The molecule has 0 radical (unpaired) electrons. The molecule has 1 atom stereocenters. The Morgan fingerprint density at radius 1 is 1.00 bits per heavy atom. The summed E-state index contributed by atoms with van der Waals surface area (Å²) in [6, 6.07) is 12.3. The van der Waals surface area contributed by atoms with Gasteiger partial charge < -0.3 is 10.6 Å². The van der Waals surface area contributed by atoms with Gasteiger partial charge in [0, 0.05) is 28.7 Å². The van der Waals surface area contributed by atoms with Crippen molar-refractivity contribution < 1.29 is 9.59 Å². The molecular formula is C27H28N4O3S. The minimum absolute atomic E-state index is 0.168. The van der Waals surface area contributed by atoms with Crippen molar-refractivity contribution in [3.8, 4) is 11.1 Å². The van der Waals surface area contributed by atoms with E-state index in [2.05, 4.69) is 41.6 Å². The highest BCUT2D eigenvalue weighted by Crippen LogP contribution is 2.36. The van der Waals surface area contributed by atoms with Crippen LogP contribution in [0.1, 0.15) is 42.3 Å². The predicted molar refractivity (Wildman–Crippen MR) is 142 cm³/mol. The summed E-state index contributed by atoms with van der Waals surface area (Å²) < 4.78 is 1.43. The summed E-state index contributed by atoms with van der Waals surface area (Å²) in [7, 11) is 0. The summed E-state index contributed by atoms with van der Waals surface area (Å²) >= 11 is 1.49. The molecule has 2 aromatic heterocycles. The average molecular weight is 489 g/mol. The molecule has 35 heavy (non-hydrogen) atoms. The molecule has 0 saturated carbocycles. The van der Waals surface area contributed by atoms with Crippen LogP contribution < -0.4 is 16.2 Å². The number of hydrogen-bond donors (Lipinski definition) is 2. The maximum Gasteiger partial charge on any atom is 0.263 e. The van der Waals surface area contributed by atoms with Crippen LogP contribution in [0.3, 0.4) is 0 Å². The zero-order valence-electron chi connectivity index (χ0n) is 20.4. The fourth-order valence-electron chi connectivity index (χ4n) is 4.16. The van der Waals surface area contributed by atoms with Crippen molar-refractivity contribution >= 4 is 44.7 Å². The van der Waals surface area contributed by atoms with Gasteiger partial charge in [0.25, 0.3) is 5.56 Å². The second-order valence-corrected chi connectivity index (χ2v) is 9.84. The van der Waals surface area contributed by atoms with Gasteiger partial charge in [-0.25, -0.2) is 4.98 Å². The minimum Gasteiger partial charge on any atom is -0.326 e. The molecule has 0 fully saturated rings. The standard InChI is InChI=1S/C27H28N4O3S/c1-6-22(25(33)30-21-11-9-20(10-12-21)29-18(5)32)31-14-28-26-24(27(31)34)23(17(4)35-26)19-8-7-15(2)16(3)13-19/h7-14,22H,6H2,1-5H3,(H,29,32)(H,30,33). The molecule has 8 heteroatoms. The molecule has 7 nitrogen and oxygen atoms in total. The molecule has 0 saturated heterocycles. The first-order chi connectivity index (χ1) is 16.7. The SMILES string of the molecule is CCC(C(=O)Nc1ccc(NC(C)=O)cc1)n1cnc2sc(C)c(-c3ccc(C)c(C)c3)c2c1=O. The number of hydrogen-bond acceptors (Lipinski definition) is 5. The van der Waals surface area contributed by atoms with E-state index in [-0.39, 0.29) is 17.4 Å². The van der Waals surface area contributed by atoms with E-state index in [4.69, 9.17) is 0 Å². The van der Waals surface area contributed by atoms with Crippen LogP contribution in [0.15, 0.2) is 53.6 Å². The van der Waals surface area contributed by atoms with E-state index < -0.39 is 6.04 Å². The summed E-state index contributed by atoms with van der Waals surface area (Å²) in [5, 5.41) is 6.11. The van der Waals surface area contributed by atoms with Crippen LogP contribution in [0.25, 0.3) is 21.3 Å². The number of amides is 2. The zero-order chi connectivity index (χ0) is 25.3. The Kier molecular flexibility index (Phi) is 6.84. The molecule has 0 aliphatic heterocycles. The van der Waals surface area contributed by atoms with E-state index in [1.165, 1.54) is 34.7 Å². The van der Waals surface area contributed by atoms with Gasteiger partial charge in [0.1, 0.15) is 10.9 Å². The smallest absolute Gasteiger partial charge is 0.263 e. The summed E-state index contributed by atoms with van der Waals surface area (Å²) in [6.45, 7) is 9.41. The van der Waals surface area contributed by atoms with E-state index >= 15 is 0 Å². The fourth-order valence-corrected chi connectivity index (χ4v) is 5.16. The van der Waals surface area contributed by atoms with Gasteiger partial charge in [-0.15, -0.1) is 11.3 Å². The number of anilines is 2. The Bertz CT molecular complexity index is 1490. The van der Waals surface area contributed by atoms with Gasteiger partial charge in [-0.05, 0) is 68.1 Å². The highest BCUT2D eigenvalue weighted by molar-refractivity contribution is 7.19. The fraction of sp³-hybridized carbons (Fsp3) is 0.259. The molecule has 2 heterocycles. The largest absolute Gasteiger partial charge is 0.326 e. The van der Waals surface area contributed by atoms with Gasteiger partial charge in [0.15, 0.2) is 0 Å². The minimum atomic E-state index is -0.720. The van der Waals surface area contributed by atoms with Gasteiger partial charge in [-0.1, -0.05) is 25.1 Å².